The van der Waals surface area contributed by atoms with E-state index in [2.05, 4.69) is 20.7 Å². The predicted octanol–water partition coefficient (Wildman–Crippen LogP) is 1.50. The van der Waals surface area contributed by atoms with Crippen LogP contribution in [0.5, 0.6) is 0 Å². The molecule has 0 amide bonds. The first-order valence-corrected chi connectivity index (χ1v) is 7.84. The Bertz CT molecular complexity index is 448. The van der Waals surface area contributed by atoms with E-state index in [1.54, 1.807) is 18.4 Å². The van der Waals surface area contributed by atoms with Crippen molar-refractivity contribution < 1.29 is 4.74 Å². The Kier molecular flexibility index (Phi) is 5.75. The molecule has 1 heterocycles. The van der Waals surface area contributed by atoms with Crippen LogP contribution in [0.4, 0.5) is 5.13 Å². The summed E-state index contributed by atoms with van der Waals surface area (Å²) >= 11 is 1.56. The number of nitrogens with two attached hydrogens (primary N) is 2. The van der Waals surface area contributed by atoms with Crippen LogP contribution < -0.4 is 16.8 Å². The third kappa shape index (κ3) is 4.43. The van der Waals surface area contributed by atoms with E-state index in [1.807, 2.05) is 0 Å². The first-order chi connectivity index (χ1) is 9.69. The molecule has 20 heavy (non-hydrogen) atoms. The third-order valence-electron chi connectivity index (χ3n) is 3.47. The van der Waals surface area contributed by atoms with Crippen molar-refractivity contribution in [3.63, 3.8) is 0 Å². The number of hydrogen-bond donors (Lipinski definition) is 3. The lowest BCUT2D eigenvalue weighted by Crippen LogP contribution is -2.27. The molecule has 5 N–H and O–H groups in total. The van der Waals surface area contributed by atoms with Gasteiger partial charge in [-0.25, -0.2) is 4.98 Å². The number of methoxy groups -OCH3 is 1. The Labute approximate surface area is 123 Å². The highest BCUT2D eigenvalue weighted by Crippen LogP contribution is 2.33. The van der Waals surface area contributed by atoms with Crippen LogP contribution in [0.25, 0.3) is 0 Å². The lowest BCUT2D eigenvalue weighted by Gasteiger charge is -2.25. The zero-order valence-corrected chi connectivity index (χ0v) is 12.7. The van der Waals surface area contributed by atoms with E-state index in [0.29, 0.717) is 31.1 Å². The van der Waals surface area contributed by atoms with Gasteiger partial charge in [0.25, 0.3) is 0 Å². The SMILES string of the molecule is COCCN=C(N)Nc1nc(C2CCCC(N)C2)cs1. The summed E-state index contributed by atoms with van der Waals surface area (Å²) in [6.07, 6.45) is 4.52. The van der Waals surface area contributed by atoms with Crippen LogP contribution in [-0.4, -0.2) is 37.2 Å². The number of hydrogen-bond acceptors (Lipinski definition) is 5. The van der Waals surface area contributed by atoms with Gasteiger partial charge in [-0.3, -0.25) is 4.99 Å². The molecule has 1 fully saturated rings. The second kappa shape index (κ2) is 7.56. The average molecular weight is 297 g/mol. The first kappa shape index (κ1) is 15.2. The summed E-state index contributed by atoms with van der Waals surface area (Å²) in [5.74, 6) is 0.862. The largest absolute Gasteiger partial charge is 0.383 e. The Morgan fingerprint density at radius 2 is 2.45 bits per heavy atom. The molecular weight excluding hydrogens is 274 g/mol. The molecule has 0 aliphatic heterocycles. The second-order valence-electron chi connectivity index (χ2n) is 5.09. The van der Waals surface area contributed by atoms with Gasteiger partial charge in [0.2, 0.25) is 0 Å². The van der Waals surface area contributed by atoms with Gasteiger partial charge in [-0.1, -0.05) is 6.42 Å². The van der Waals surface area contributed by atoms with E-state index in [-0.39, 0.29) is 0 Å². The van der Waals surface area contributed by atoms with Gasteiger partial charge in [0.1, 0.15) is 0 Å². The maximum atomic E-state index is 6.03. The lowest BCUT2D eigenvalue weighted by atomic mass is 9.84. The van der Waals surface area contributed by atoms with Crippen LogP contribution in [-0.2, 0) is 4.74 Å². The van der Waals surface area contributed by atoms with E-state index < -0.39 is 0 Å². The highest BCUT2D eigenvalue weighted by molar-refractivity contribution is 7.13. The van der Waals surface area contributed by atoms with Crippen molar-refractivity contribution in [1.82, 2.24) is 4.98 Å². The summed E-state index contributed by atoms with van der Waals surface area (Å²) in [5, 5.41) is 5.90. The molecule has 2 unspecified atom stereocenters. The molecule has 1 aromatic heterocycles. The van der Waals surface area contributed by atoms with Crippen LogP contribution >= 0.6 is 11.3 Å². The van der Waals surface area contributed by atoms with Crippen LogP contribution in [0.2, 0.25) is 0 Å². The molecule has 6 nitrogen and oxygen atoms in total. The smallest absolute Gasteiger partial charge is 0.195 e. The molecule has 2 atom stereocenters. The molecule has 1 aromatic rings. The number of thiazole rings is 1. The van der Waals surface area contributed by atoms with Crippen LogP contribution in [0.15, 0.2) is 10.4 Å². The van der Waals surface area contributed by atoms with E-state index in [1.165, 1.54) is 12.8 Å². The van der Waals surface area contributed by atoms with E-state index in [9.17, 15) is 0 Å². The molecule has 0 spiro atoms. The summed E-state index contributed by atoms with van der Waals surface area (Å²) in [4.78, 5) is 8.74. The van der Waals surface area contributed by atoms with Gasteiger partial charge < -0.3 is 21.5 Å². The monoisotopic (exact) mass is 297 g/mol. The van der Waals surface area contributed by atoms with Crippen LogP contribution in [0.3, 0.4) is 0 Å². The first-order valence-electron chi connectivity index (χ1n) is 6.96. The minimum Gasteiger partial charge on any atom is -0.383 e. The summed E-state index contributed by atoms with van der Waals surface area (Å²) < 4.78 is 4.92. The maximum Gasteiger partial charge on any atom is 0.195 e. The Morgan fingerprint density at radius 3 is 3.20 bits per heavy atom. The minimum absolute atomic E-state index is 0.313. The number of aromatic nitrogens is 1. The fourth-order valence-electron chi connectivity index (χ4n) is 2.43. The molecule has 1 aliphatic rings. The van der Waals surface area contributed by atoms with Gasteiger partial charge >= 0.3 is 0 Å². The maximum absolute atomic E-state index is 6.03. The van der Waals surface area contributed by atoms with Gasteiger partial charge in [0.15, 0.2) is 11.1 Å². The number of anilines is 1. The van der Waals surface area contributed by atoms with E-state index in [0.717, 1.165) is 23.7 Å². The number of aliphatic imine (C=N–C) groups is 1. The van der Waals surface area contributed by atoms with Crippen molar-refractivity contribution in [2.24, 2.45) is 16.5 Å². The van der Waals surface area contributed by atoms with Crippen molar-refractivity contribution in [1.29, 1.82) is 0 Å². The van der Waals surface area contributed by atoms with E-state index >= 15 is 0 Å². The van der Waals surface area contributed by atoms with Gasteiger partial charge in [-0.15, -0.1) is 11.3 Å². The molecule has 0 aromatic carbocycles. The number of nitrogens with one attached hydrogen (secondary N) is 1. The number of guanidine groups is 1. The minimum atomic E-state index is 0.313. The van der Waals surface area contributed by atoms with Crippen LogP contribution in [0.1, 0.15) is 37.3 Å². The van der Waals surface area contributed by atoms with Gasteiger partial charge in [-0.2, -0.15) is 0 Å². The standard InChI is InChI=1S/C13H23N5OS/c1-19-6-5-16-12(15)18-13-17-11(8-20-13)9-3-2-4-10(14)7-9/h8-10H,2-7,14H2,1H3,(H3,15,16,17,18). The number of rotatable bonds is 5. The Hall–Kier alpha value is -1.18. The summed E-state index contributed by atoms with van der Waals surface area (Å²) in [6.45, 7) is 1.11. The fraction of sp³-hybridized carbons (Fsp3) is 0.692. The van der Waals surface area contributed by atoms with Crippen molar-refractivity contribution >= 4 is 22.4 Å². The number of nitrogens with zero attached hydrogens (tertiary/aromatic N) is 2. The van der Waals surface area contributed by atoms with Crippen LogP contribution in [0, 0.1) is 0 Å². The summed E-state index contributed by atoms with van der Waals surface area (Å²) in [7, 11) is 1.64. The van der Waals surface area contributed by atoms with Gasteiger partial charge in [0.05, 0.1) is 18.8 Å². The van der Waals surface area contributed by atoms with Gasteiger partial charge in [-0.05, 0) is 19.3 Å². The highest BCUT2D eigenvalue weighted by atomic mass is 32.1. The molecule has 112 valence electrons. The van der Waals surface area contributed by atoms with Crippen molar-refractivity contribution in [3.05, 3.63) is 11.1 Å². The molecule has 1 aliphatic carbocycles. The zero-order valence-electron chi connectivity index (χ0n) is 11.8. The molecule has 7 heteroatoms. The Balaban J connectivity index is 1.90. The molecule has 1 saturated carbocycles. The molecule has 0 saturated heterocycles. The molecule has 2 rings (SSSR count). The topological polar surface area (TPSA) is 98.5 Å². The summed E-state index contributed by atoms with van der Waals surface area (Å²) in [5.41, 5.74) is 12.9. The predicted molar refractivity (Wildman–Crippen MR) is 83.3 cm³/mol. The van der Waals surface area contributed by atoms with Crippen molar-refractivity contribution in [2.45, 2.75) is 37.6 Å². The Morgan fingerprint density at radius 1 is 1.60 bits per heavy atom. The quantitative estimate of drug-likeness (QED) is 0.434. The van der Waals surface area contributed by atoms with Crippen molar-refractivity contribution in [2.75, 3.05) is 25.6 Å². The average Bonchev–Trinajstić information content (AvgIpc) is 2.87. The summed E-state index contributed by atoms with van der Waals surface area (Å²) in [6, 6.07) is 0.313. The fourth-order valence-corrected chi connectivity index (χ4v) is 3.23. The highest BCUT2D eigenvalue weighted by Gasteiger charge is 2.22. The molecule has 0 radical (unpaired) electrons. The zero-order chi connectivity index (χ0) is 14.4. The second-order valence-corrected chi connectivity index (χ2v) is 5.94. The van der Waals surface area contributed by atoms with Gasteiger partial charge in [0, 0.05) is 24.4 Å². The van der Waals surface area contributed by atoms with E-state index in [4.69, 9.17) is 16.2 Å². The molecule has 0 bridgehead atoms. The lowest BCUT2D eigenvalue weighted by molar-refractivity contribution is 0.208. The normalized spacial score (nSPS) is 23.8. The van der Waals surface area contributed by atoms with Crippen molar-refractivity contribution in [3.8, 4) is 0 Å². The molecular formula is C13H23N5OS. The third-order valence-corrected chi connectivity index (χ3v) is 4.24. The number of ether oxygens (including phenoxy) is 1.